The van der Waals surface area contributed by atoms with E-state index in [4.69, 9.17) is 10.5 Å². The molecular formula is C14H16N4O2. The fourth-order valence-corrected chi connectivity index (χ4v) is 2.34. The Morgan fingerprint density at radius 2 is 1.95 bits per heavy atom. The van der Waals surface area contributed by atoms with Gasteiger partial charge in [0.15, 0.2) is 5.82 Å². The first-order valence-electron chi connectivity index (χ1n) is 6.64. The number of amides is 1. The average Bonchev–Trinajstić information content (AvgIpc) is 2.98. The van der Waals surface area contributed by atoms with Gasteiger partial charge in [-0.15, -0.1) is 0 Å². The Kier molecular flexibility index (Phi) is 3.47. The summed E-state index contributed by atoms with van der Waals surface area (Å²) in [6.07, 6.45) is 1.94. The molecule has 20 heavy (non-hydrogen) atoms. The number of hydrogen-bond donors (Lipinski definition) is 2. The third-order valence-corrected chi connectivity index (χ3v) is 3.54. The summed E-state index contributed by atoms with van der Waals surface area (Å²) in [5, 5.41) is 7.25. The van der Waals surface area contributed by atoms with Gasteiger partial charge in [0.2, 0.25) is 5.91 Å². The molecule has 0 aliphatic carbocycles. The number of carbonyl (C=O) groups is 1. The molecule has 1 aromatic heterocycles. The number of nitrogens with zero attached hydrogens (tertiary/aromatic N) is 2. The van der Waals surface area contributed by atoms with E-state index in [9.17, 15) is 4.79 Å². The minimum absolute atomic E-state index is 0.384. The van der Waals surface area contributed by atoms with Crippen molar-refractivity contribution < 1.29 is 9.53 Å². The van der Waals surface area contributed by atoms with Gasteiger partial charge in [-0.3, -0.25) is 9.89 Å². The van der Waals surface area contributed by atoms with Gasteiger partial charge < -0.3 is 10.5 Å². The van der Waals surface area contributed by atoms with Gasteiger partial charge in [0.05, 0.1) is 0 Å². The van der Waals surface area contributed by atoms with Crippen molar-refractivity contribution in [3.63, 3.8) is 0 Å². The summed E-state index contributed by atoms with van der Waals surface area (Å²) >= 11 is 0. The largest absolute Gasteiger partial charge is 0.381 e. The Morgan fingerprint density at radius 3 is 2.60 bits per heavy atom. The van der Waals surface area contributed by atoms with Crippen LogP contribution >= 0.6 is 0 Å². The molecule has 0 bridgehead atoms. The number of carbonyl (C=O) groups excluding carboxylic acids is 1. The topological polar surface area (TPSA) is 93.9 Å². The SMILES string of the molecule is NC(=O)c1ccc(-c2n[nH]c(C3CCOCC3)n2)cc1. The number of benzene rings is 1. The van der Waals surface area contributed by atoms with Gasteiger partial charge in [-0.25, -0.2) is 4.98 Å². The summed E-state index contributed by atoms with van der Waals surface area (Å²) in [6.45, 7) is 1.54. The molecule has 1 saturated heterocycles. The number of primary amides is 1. The van der Waals surface area contributed by atoms with E-state index in [1.54, 1.807) is 24.3 Å². The molecule has 1 fully saturated rings. The lowest BCUT2D eigenvalue weighted by atomic mass is 10.00. The minimum atomic E-state index is -0.436. The van der Waals surface area contributed by atoms with E-state index >= 15 is 0 Å². The van der Waals surface area contributed by atoms with Gasteiger partial charge in [-0.2, -0.15) is 5.10 Å². The summed E-state index contributed by atoms with van der Waals surface area (Å²) in [6, 6.07) is 6.97. The van der Waals surface area contributed by atoms with E-state index < -0.39 is 5.91 Å². The van der Waals surface area contributed by atoms with Crippen molar-refractivity contribution in [3.8, 4) is 11.4 Å². The molecule has 1 aliphatic rings. The highest BCUT2D eigenvalue weighted by Crippen LogP contribution is 2.25. The summed E-state index contributed by atoms with van der Waals surface area (Å²) in [5.74, 6) is 1.49. The van der Waals surface area contributed by atoms with Gasteiger partial charge in [-0.05, 0) is 25.0 Å². The second-order valence-electron chi connectivity index (χ2n) is 4.87. The lowest BCUT2D eigenvalue weighted by Crippen LogP contribution is -2.15. The zero-order valence-electron chi connectivity index (χ0n) is 11.0. The molecule has 1 aliphatic heterocycles. The first-order chi connectivity index (χ1) is 9.74. The quantitative estimate of drug-likeness (QED) is 0.884. The van der Waals surface area contributed by atoms with Gasteiger partial charge in [0.25, 0.3) is 0 Å². The van der Waals surface area contributed by atoms with Crippen LogP contribution in [0.1, 0.15) is 34.9 Å². The van der Waals surface area contributed by atoms with Crippen LogP contribution in [0.3, 0.4) is 0 Å². The first kappa shape index (κ1) is 12.8. The summed E-state index contributed by atoms with van der Waals surface area (Å²) < 4.78 is 5.34. The predicted molar refractivity (Wildman–Crippen MR) is 73.1 cm³/mol. The highest BCUT2D eigenvalue weighted by atomic mass is 16.5. The van der Waals surface area contributed by atoms with Gasteiger partial charge in [0.1, 0.15) is 5.82 Å². The van der Waals surface area contributed by atoms with E-state index in [0.717, 1.165) is 37.4 Å². The predicted octanol–water partition coefficient (Wildman–Crippen LogP) is 1.46. The molecule has 104 valence electrons. The highest BCUT2D eigenvalue weighted by Gasteiger charge is 2.19. The molecule has 0 radical (unpaired) electrons. The van der Waals surface area contributed by atoms with E-state index in [2.05, 4.69) is 15.2 Å². The van der Waals surface area contributed by atoms with Crippen molar-refractivity contribution in [1.82, 2.24) is 15.2 Å². The zero-order valence-corrected chi connectivity index (χ0v) is 11.0. The lowest BCUT2D eigenvalue weighted by molar-refractivity contribution is 0.0836. The number of ether oxygens (including phenoxy) is 1. The highest BCUT2D eigenvalue weighted by molar-refractivity contribution is 5.93. The Labute approximate surface area is 116 Å². The first-order valence-corrected chi connectivity index (χ1v) is 6.64. The second kappa shape index (κ2) is 5.42. The van der Waals surface area contributed by atoms with Crippen molar-refractivity contribution >= 4 is 5.91 Å². The van der Waals surface area contributed by atoms with E-state index in [1.807, 2.05) is 0 Å². The van der Waals surface area contributed by atoms with Crippen LogP contribution in [0.15, 0.2) is 24.3 Å². The summed E-state index contributed by atoms with van der Waals surface area (Å²) in [4.78, 5) is 15.6. The summed E-state index contributed by atoms with van der Waals surface area (Å²) in [5.41, 5.74) is 6.56. The Balaban J connectivity index is 1.80. The standard InChI is InChI=1S/C14H16N4O2/c15-12(19)9-1-3-10(4-2-9)13-16-14(18-17-13)11-5-7-20-8-6-11/h1-4,11H,5-8H2,(H2,15,19)(H,16,17,18). The molecular weight excluding hydrogens is 256 g/mol. The molecule has 0 spiro atoms. The van der Waals surface area contributed by atoms with E-state index in [1.165, 1.54) is 0 Å². The van der Waals surface area contributed by atoms with Crippen LogP contribution in [0.25, 0.3) is 11.4 Å². The maximum atomic E-state index is 11.0. The maximum Gasteiger partial charge on any atom is 0.248 e. The number of nitrogens with one attached hydrogen (secondary N) is 1. The molecule has 3 rings (SSSR count). The average molecular weight is 272 g/mol. The van der Waals surface area contributed by atoms with Crippen LogP contribution in [0.5, 0.6) is 0 Å². The third-order valence-electron chi connectivity index (χ3n) is 3.54. The molecule has 0 atom stereocenters. The smallest absolute Gasteiger partial charge is 0.248 e. The van der Waals surface area contributed by atoms with Crippen molar-refractivity contribution in [2.24, 2.45) is 5.73 Å². The molecule has 2 heterocycles. The van der Waals surface area contributed by atoms with Crippen molar-refractivity contribution in [2.45, 2.75) is 18.8 Å². The number of hydrogen-bond acceptors (Lipinski definition) is 4. The van der Waals surface area contributed by atoms with Crippen LogP contribution in [0.4, 0.5) is 0 Å². The number of H-pyrrole nitrogens is 1. The molecule has 6 nitrogen and oxygen atoms in total. The normalized spacial score (nSPS) is 16.2. The van der Waals surface area contributed by atoms with Crippen molar-refractivity contribution in [1.29, 1.82) is 0 Å². The number of aromatic nitrogens is 3. The van der Waals surface area contributed by atoms with Crippen molar-refractivity contribution in [3.05, 3.63) is 35.7 Å². The van der Waals surface area contributed by atoms with Crippen molar-refractivity contribution in [2.75, 3.05) is 13.2 Å². The fraction of sp³-hybridized carbons (Fsp3) is 0.357. The maximum absolute atomic E-state index is 11.0. The summed E-state index contributed by atoms with van der Waals surface area (Å²) in [7, 11) is 0. The van der Waals surface area contributed by atoms with Crippen LogP contribution in [-0.2, 0) is 4.74 Å². The van der Waals surface area contributed by atoms with E-state index in [0.29, 0.717) is 17.3 Å². The number of nitrogens with two attached hydrogens (primary N) is 1. The van der Waals surface area contributed by atoms with Crippen LogP contribution in [0, 0.1) is 0 Å². The Morgan fingerprint density at radius 1 is 1.25 bits per heavy atom. The molecule has 0 saturated carbocycles. The van der Waals surface area contributed by atoms with Crippen LogP contribution < -0.4 is 5.73 Å². The van der Waals surface area contributed by atoms with Crippen LogP contribution in [-0.4, -0.2) is 34.3 Å². The number of aromatic amines is 1. The molecule has 1 aromatic carbocycles. The minimum Gasteiger partial charge on any atom is -0.381 e. The monoisotopic (exact) mass is 272 g/mol. The van der Waals surface area contributed by atoms with E-state index in [-0.39, 0.29) is 0 Å². The molecule has 1 amide bonds. The molecule has 0 unspecified atom stereocenters. The fourth-order valence-electron chi connectivity index (χ4n) is 2.34. The zero-order chi connectivity index (χ0) is 13.9. The lowest BCUT2D eigenvalue weighted by Gasteiger charge is -2.19. The third kappa shape index (κ3) is 2.55. The second-order valence-corrected chi connectivity index (χ2v) is 4.87. The number of rotatable bonds is 3. The van der Waals surface area contributed by atoms with Gasteiger partial charge in [0, 0.05) is 30.3 Å². The Hall–Kier alpha value is -2.21. The molecule has 3 N–H and O–H groups in total. The van der Waals surface area contributed by atoms with Gasteiger partial charge in [-0.1, -0.05) is 12.1 Å². The molecule has 2 aromatic rings. The Bertz CT molecular complexity index is 600. The van der Waals surface area contributed by atoms with Gasteiger partial charge >= 0.3 is 0 Å². The molecule has 6 heteroatoms. The van der Waals surface area contributed by atoms with Crippen LogP contribution in [0.2, 0.25) is 0 Å².